The van der Waals surface area contributed by atoms with Gasteiger partial charge in [0.05, 0.1) is 23.0 Å². The average molecular weight is 490 g/mol. The lowest BCUT2D eigenvalue weighted by Crippen LogP contribution is -2.37. The van der Waals surface area contributed by atoms with Gasteiger partial charge < -0.3 is 9.64 Å². The van der Waals surface area contributed by atoms with Crippen LogP contribution in [0.2, 0.25) is 10.0 Å². The maximum Gasteiger partial charge on any atom is 0.358 e. The van der Waals surface area contributed by atoms with E-state index >= 15 is 0 Å². The number of esters is 1. The molecule has 1 amide bonds. The quantitative estimate of drug-likeness (QED) is 0.460. The molecular formula is C23H21Cl2N3O3S. The number of nitrogens with zero attached hydrogens (tertiary/aromatic N) is 3. The largest absolute Gasteiger partial charge is 0.461 e. The van der Waals surface area contributed by atoms with E-state index in [9.17, 15) is 9.59 Å². The fourth-order valence-corrected chi connectivity index (χ4v) is 4.87. The second kappa shape index (κ2) is 9.98. The predicted octanol–water partition coefficient (Wildman–Crippen LogP) is 5.21. The van der Waals surface area contributed by atoms with Crippen molar-refractivity contribution in [2.24, 2.45) is 0 Å². The molecule has 0 atom stereocenters. The number of ether oxygens (including phenoxy) is 1. The number of hydrogen-bond donors (Lipinski definition) is 0. The van der Waals surface area contributed by atoms with E-state index in [1.165, 1.54) is 0 Å². The Bertz CT molecular complexity index is 1140. The van der Waals surface area contributed by atoms with E-state index in [-0.39, 0.29) is 18.2 Å². The Labute approximate surface area is 200 Å². The zero-order valence-electron chi connectivity index (χ0n) is 17.4. The first kappa shape index (κ1) is 22.7. The SMILES string of the molecule is CCOC(=O)c1cc(-c2ccc(Cl)cc2Cl)n(-c2ccc(C(=O)N3CCSCC3)cc2)n1. The standard InChI is InChI=1S/C23H21Cl2N3O3S/c1-2-31-23(30)20-14-21(18-8-5-16(24)13-19(18)25)28(26-20)17-6-3-15(4-7-17)22(29)27-9-11-32-12-10-27/h3-8,13-14H,2,9-12H2,1H3. The minimum atomic E-state index is -0.521. The zero-order valence-corrected chi connectivity index (χ0v) is 19.7. The zero-order chi connectivity index (χ0) is 22.7. The molecule has 32 heavy (non-hydrogen) atoms. The fourth-order valence-electron chi connectivity index (χ4n) is 3.47. The fraction of sp³-hybridized carbons (Fsp3) is 0.261. The van der Waals surface area contributed by atoms with Gasteiger partial charge in [0.2, 0.25) is 0 Å². The third kappa shape index (κ3) is 4.80. The number of carbonyl (C=O) groups excluding carboxylic acids is 2. The Morgan fingerprint density at radius 2 is 1.78 bits per heavy atom. The van der Waals surface area contributed by atoms with Crippen molar-refractivity contribution in [3.63, 3.8) is 0 Å². The van der Waals surface area contributed by atoms with Crippen molar-refractivity contribution in [3.05, 3.63) is 69.8 Å². The molecule has 0 N–H and O–H groups in total. The van der Waals surface area contributed by atoms with Gasteiger partial charge in [0.1, 0.15) is 0 Å². The summed E-state index contributed by atoms with van der Waals surface area (Å²) in [6.45, 7) is 3.50. The van der Waals surface area contributed by atoms with Crippen LogP contribution in [0, 0.1) is 0 Å². The third-order valence-electron chi connectivity index (χ3n) is 5.06. The van der Waals surface area contributed by atoms with Gasteiger partial charge in [-0.05, 0) is 55.5 Å². The maximum atomic E-state index is 12.8. The Hall–Kier alpha value is -2.48. The smallest absolute Gasteiger partial charge is 0.358 e. The van der Waals surface area contributed by atoms with Crippen LogP contribution in [0.5, 0.6) is 0 Å². The first-order valence-corrected chi connectivity index (χ1v) is 12.1. The Morgan fingerprint density at radius 3 is 2.44 bits per heavy atom. The lowest BCUT2D eigenvalue weighted by atomic mass is 10.1. The van der Waals surface area contributed by atoms with Crippen molar-refractivity contribution in [3.8, 4) is 16.9 Å². The molecule has 0 spiro atoms. The van der Waals surface area contributed by atoms with E-state index in [1.807, 2.05) is 16.7 Å². The first-order chi connectivity index (χ1) is 15.5. The molecule has 3 aromatic rings. The highest BCUT2D eigenvalue weighted by molar-refractivity contribution is 7.99. The highest BCUT2D eigenvalue weighted by Gasteiger charge is 2.21. The van der Waals surface area contributed by atoms with Crippen LogP contribution in [0.1, 0.15) is 27.8 Å². The molecule has 1 aliphatic rings. The topological polar surface area (TPSA) is 64.4 Å². The van der Waals surface area contributed by atoms with E-state index in [0.29, 0.717) is 32.6 Å². The van der Waals surface area contributed by atoms with Gasteiger partial charge in [-0.25, -0.2) is 9.48 Å². The van der Waals surface area contributed by atoms with Crippen LogP contribution < -0.4 is 0 Å². The van der Waals surface area contributed by atoms with E-state index in [1.54, 1.807) is 60.1 Å². The predicted molar refractivity (Wildman–Crippen MR) is 128 cm³/mol. The van der Waals surface area contributed by atoms with Crippen molar-refractivity contribution in [1.82, 2.24) is 14.7 Å². The Morgan fingerprint density at radius 1 is 1.06 bits per heavy atom. The normalized spacial score (nSPS) is 13.8. The molecule has 0 saturated carbocycles. The molecule has 0 aliphatic carbocycles. The molecule has 0 radical (unpaired) electrons. The minimum absolute atomic E-state index is 0.0190. The molecule has 0 bridgehead atoms. The lowest BCUT2D eigenvalue weighted by molar-refractivity contribution is 0.0518. The van der Waals surface area contributed by atoms with Crippen molar-refractivity contribution in [1.29, 1.82) is 0 Å². The van der Waals surface area contributed by atoms with E-state index in [0.717, 1.165) is 24.6 Å². The van der Waals surface area contributed by atoms with Crippen LogP contribution >= 0.6 is 35.0 Å². The molecule has 1 aromatic heterocycles. The summed E-state index contributed by atoms with van der Waals surface area (Å²) in [7, 11) is 0. The number of thioether (sulfide) groups is 1. The van der Waals surface area contributed by atoms with Crippen molar-refractivity contribution in [2.45, 2.75) is 6.92 Å². The number of halogens is 2. The van der Waals surface area contributed by atoms with Gasteiger partial charge in [0.25, 0.3) is 5.91 Å². The number of aromatic nitrogens is 2. The highest BCUT2D eigenvalue weighted by Crippen LogP contribution is 2.32. The second-order valence-corrected chi connectivity index (χ2v) is 9.19. The summed E-state index contributed by atoms with van der Waals surface area (Å²) in [5.41, 5.74) is 2.75. The molecule has 9 heteroatoms. The van der Waals surface area contributed by atoms with Crippen molar-refractivity contribution < 1.29 is 14.3 Å². The number of benzene rings is 2. The van der Waals surface area contributed by atoms with E-state index in [2.05, 4.69) is 5.10 Å². The number of hydrogen-bond acceptors (Lipinski definition) is 5. The Kier molecular flexibility index (Phi) is 7.08. The van der Waals surface area contributed by atoms with Gasteiger partial charge in [0.15, 0.2) is 5.69 Å². The molecule has 6 nitrogen and oxygen atoms in total. The van der Waals surface area contributed by atoms with E-state index < -0.39 is 5.97 Å². The Balaban J connectivity index is 1.71. The molecule has 1 aliphatic heterocycles. The maximum absolute atomic E-state index is 12.8. The van der Waals surface area contributed by atoms with Crippen molar-refractivity contribution in [2.75, 3.05) is 31.2 Å². The summed E-state index contributed by atoms with van der Waals surface area (Å²) < 4.78 is 6.73. The van der Waals surface area contributed by atoms with Crippen molar-refractivity contribution >= 4 is 46.8 Å². The summed E-state index contributed by atoms with van der Waals surface area (Å²) in [6, 6.07) is 13.9. The summed E-state index contributed by atoms with van der Waals surface area (Å²) in [6.07, 6.45) is 0. The summed E-state index contributed by atoms with van der Waals surface area (Å²) >= 11 is 14.3. The average Bonchev–Trinajstić information content (AvgIpc) is 3.25. The first-order valence-electron chi connectivity index (χ1n) is 10.2. The van der Waals surface area contributed by atoms with Gasteiger partial charge >= 0.3 is 5.97 Å². The number of carbonyl (C=O) groups is 2. The van der Waals surface area contributed by atoms with Gasteiger partial charge in [-0.15, -0.1) is 0 Å². The van der Waals surface area contributed by atoms with E-state index in [4.69, 9.17) is 27.9 Å². The van der Waals surface area contributed by atoms with Crippen LogP contribution in [0.25, 0.3) is 16.9 Å². The van der Waals surface area contributed by atoms with Crippen LogP contribution in [-0.4, -0.2) is 57.8 Å². The van der Waals surface area contributed by atoms with Gasteiger partial charge in [-0.3, -0.25) is 4.79 Å². The van der Waals surface area contributed by atoms with Crippen LogP contribution in [-0.2, 0) is 4.74 Å². The summed E-state index contributed by atoms with van der Waals surface area (Å²) in [5, 5.41) is 5.40. The van der Waals surface area contributed by atoms with Crippen LogP contribution in [0.15, 0.2) is 48.5 Å². The molecular weight excluding hydrogens is 469 g/mol. The molecule has 2 heterocycles. The van der Waals surface area contributed by atoms with Gasteiger partial charge in [-0.1, -0.05) is 23.2 Å². The lowest BCUT2D eigenvalue weighted by Gasteiger charge is -2.26. The molecule has 2 aromatic carbocycles. The third-order valence-corrected chi connectivity index (χ3v) is 6.55. The summed E-state index contributed by atoms with van der Waals surface area (Å²) in [5.74, 6) is 1.41. The van der Waals surface area contributed by atoms with Gasteiger partial charge in [0, 0.05) is 40.7 Å². The molecule has 1 fully saturated rings. The minimum Gasteiger partial charge on any atom is -0.461 e. The molecule has 0 unspecified atom stereocenters. The monoisotopic (exact) mass is 489 g/mol. The number of rotatable bonds is 5. The van der Waals surface area contributed by atoms with Gasteiger partial charge in [-0.2, -0.15) is 16.9 Å². The highest BCUT2D eigenvalue weighted by atomic mass is 35.5. The molecule has 1 saturated heterocycles. The number of amides is 1. The molecule has 166 valence electrons. The van der Waals surface area contributed by atoms with Crippen LogP contribution in [0.4, 0.5) is 0 Å². The van der Waals surface area contributed by atoms with Crippen LogP contribution in [0.3, 0.4) is 0 Å². The summed E-state index contributed by atoms with van der Waals surface area (Å²) in [4.78, 5) is 27.0. The molecule has 4 rings (SSSR count). The second-order valence-electron chi connectivity index (χ2n) is 7.12.